The Kier molecular flexibility index (Phi) is 4.89. The van der Waals surface area contributed by atoms with Crippen LogP contribution in [0.5, 0.6) is 0 Å². The maximum absolute atomic E-state index is 13.0. The number of fused-ring (bicyclic) bond motifs is 2. The van der Waals surface area contributed by atoms with Gasteiger partial charge in [-0.15, -0.1) is 0 Å². The summed E-state index contributed by atoms with van der Waals surface area (Å²) in [5.41, 5.74) is 5.87. The zero-order chi connectivity index (χ0) is 22.9. The summed E-state index contributed by atoms with van der Waals surface area (Å²) in [6.45, 7) is 0. The van der Waals surface area contributed by atoms with Crippen LogP contribution in [0, 0.1) is 0 Å². The summed E-state index contributed by atoms with van der Waals surface area (Å²) in [5, 5.41) is 4.95. The zero-order valence-corrected chi connectivity index (χ0v) is 18.2. The summed E-state index contributed by atoms with van der Waals surface area (Å²) < 4.78 is 5.98. The van der Waals surface area contributed by atoms with Crippen LogP contribution in [0.1, 0.15) is 10.4 Å². The van der Waals surface area contributed by atoms with Gasteiger partial charge in [0.25, 0.3) is 5.91 Å². The van der Waals surface area contributed by atoms with Crippen molar-refractivity contribution in [2.24, 2.45) is 0 Å². The Morgan fingerprint density at radius 3 is 2.24 bits per heavy atom. The molecule has 4 heteroatoms. The SMILES string of the molecule is O=C(Nc1ccc2oc(-c3ccc(-c4ccccc4)cc3)nc2c1)c1cccc2ccccc12. The second-order valence-corrected chi connectivity index (χ2v) is 8.13. The number of amides is 1. The second kappa shape index (κ2) is 8.34. The maximum Gasteiger partial charge on any atom is 0.256 e. The van der Waals surface area contributed by atoms with Crippen LogP contribution in [0.4, 0.5) is 5.69 Å². The number of rotatable bonds is 4. The van der Waals surface area contributed by atoms with Crippen LogP contribution in [-0.4, -0.2) is 10.9 Å². The lowest BCUT2D eigenvalue weighted by Crippen LogP contribution is -2.12. The summed E-state index contributed by atoms with van der Waals surface area (Å²) in [6, 6.07) is 37.5. The Labute approximate surface area is 196 Å². The standard InChI is InChI=1S/C30H20N2O2/c33-29(26-12-6-10-22-9-4-5-11-25(22)26)31-24-17-18-28-27(19-24)32-30(34-28)23-15-13-21(14-16-23)20-7-2-1-3-8-20/h1-19H,(H,31,33). The van der Waals surface area contributed by atoms with Crippen LogP contribution < -0.4 is 5.32 Å². The summed E-state index contributed by atoms with van der Waals surface area (Å²) in [7, 11) is 0. The molecule has 5 aromatic carbocycles. The van der Waals surface area contributed by atoms with Gasteiger partial charge in [0, 0.05) is 16.8 Å². The normalized spacial score (nSPS) is 11.1. The Hall–Kier alpha value is -4.70. The summed E-state index contributed by atoms with van der Waals surface area (Å²) in [4.78, 5) is 17.6. The van der Waals surface area contributed by atoms with E-state index in [1.54, 1.807) is 0 Å². The minimum atomic E-state index is -0.156. The van der Waals surface area contributed by atoms with Gasteiger partial charge in [0.2, 0.25) is 5.89 Å². The number of oxazole rings is 1. The van der Waals surface area contributed by atoms with Crippen molar-refractivity contribution in [3.63, 3.8) is 0 Å². The third-order valence-electron chi connectivity index (χ3n) is 5.92. The monoisotopic (exact) mass is 440 g/mol. The Bertz CT molecular complexity index is 1630. The van der Waals surface area contributed by atoms with Crippen LogP contribution in [0.25, 0.3) is 44.5 Å². The van der Waals surface area contributed by atoms with E-state index in [0.717, 1.165) is 27.5 Å². The third kappa shape index (κ3) is 3.71. The molecule has 1 amide bonds. The molecule has 0 aliphatic heterocycles. The minimum absolute atomic E-state index is 0.156. The number of hydrogen-bond acceptors (Lipinski definition) is 3. The molecule has 0 spiro atoms. The van der Waals surface area contributed by atoms with Gasteiger partial charge in [0.15, 0.2) is 5.58 Å². The van der Waals surface area contributed by atoms with E-state index in [2.05, 4.69) is 34.6 Å². The molecule has 4 nitrogen and oxygen atoms in total. The Balaban J connectivity index is 1.26. The fourth-order valence-electron chi connectivity index (χ4n) is 4.19. The van der Waals surface area contributed by atoms with E-state index in [1.807, 2.05) is 91.0 Å². The maximum atomic E-state index is 13.0. The average molecular weight is 441 g/mol. The molecule has 1 heterocycles. The van der Waals surface area contributed by atoms with E-state index in [9.17, 15) is 4.79 Å². The third-order valence-corrected chi connectivity index (χ3v) is 5.92. The van der Waals surface area contributed by atoms with Gasteiger partial charge in [-0.1, -0.05) is 78.9 Å². The molecule has 0 atom stereocenters. The quantitative estimate of drug-likeness (QED) is 0.308. The molecule has 34 heavy (non-hydrogen) atoms. The van der Waals surface area contributed by atoms with Gasteiger partial charge >= 0.3 is 0 Å². The van der Waals surface area contributed by atoms with E-state index >= 15 is 0 Å². The van der Waals surface area contributed by atoms with Gasteiger partial charge in [0.1, 0.15) is 5.52 Å². The smallest absolute Gasteiger partial charge is 0.256 e. The fourth-order valence-corrected chi connectivity index (χ4v) is 4.19. The lowest BCUT2D eigenvalue weighted by atomic mass is 10.0. The van der Waals surface area contributed by atoms with E-state index in [-0.39, 0.29) is 5.91 Å². The van der Waals surface area contributed by atoms with Crippen molar-refractivity contribution < 1.29 is 9.21 Å². The number of nitrogens with one attached hydrogen (secondary N) is 1. The van der Waals surface area contributed by atoms with Gasteiger partial charge < -0.3 is 9.73 Å². The lowest BCUT2D eigenvalue weighted by molar-refractivity contribution is 0.102. The molecule has 6 aromatic rings. The van der Waals surface area contributed by atoms with Gasteiger partial charge in [-0.25, -0.2) is 4.98 Å². The van der Waals surface area contributed by atoms with Crippen LogP contribution in [-0.2, 0) is 0 Å². The van der Waals surface area contributed by atoms with Crippen molar-refractivity contribution >= 4 is 33.5 Å². The topological polar surface area (TPSA) is 55.1 Å². The number of benzene rings is 5. The highest BCUT2D eigenvalue weighted by Crippen LogP contribution is 2.29. The number of aromatic nitrogens is 1. The largest absolute Gasteiger partial charge is 0.436 e. The zero-order valence-electron chi connectivity index (χ0n) is 18.2. The van der Waals surface area contributed by atoms with E-state index < -0.39 is 0 Å². The second-order valence-electron chi connectivity index (χ2n) is 8.13. The summed E-state index contributed by atoms with van der Waals surface area (Å²) >= 11 is 0. The van der Waals surface area contributed by atoms with Crippen molar-refractivity contribution in [2.45, 2.75) is 0 Å². The van der Waals surface area contributed by atoms with Crippen LogP contribution >= 0.6 is 0 Å². The lowest BCUT2D eigenvalue weighted by Gasteiger charge is -2.08. The number of hydrogen-bond donors (Lipinski definition) is 1. The van der Waals surface area contributed by atoms with Gasteiger partial charge in [-0.2, -0.15) is 0 Å². The first-order chi connectivity index (χ1) is 16.7. The van der Waals surface area contributed by atoms with E-state index in [0.29, 0.717) is 28.2 Å². The molecule has 0 aliphatic rings. The van der Waals surface area contributed by atoms with E-state index in [1.165, 1.54) is 0 Å². The molecule has 0 aliphatic carbocycles. The minimum Gasteiger partial charge on any atom is -0.436 e. The fraction of sp³-hybridized carbons (Fsp3) is 0. The highest BCUT2D eigenvalue weighted by molar-refractivity contribution is 6.13. The number of carbonyl (C=O) groups is 1. The van der Waals surface area contributed by atoms with Crippen LogP contribution in [0.15, 0.2) is 120 Å². The first kappa shape index (κ1) is 19.9. The molecule has 0 saturated carbocycles. The number of anilines is 1. The van der Waals surface area contributed by atoms with Gasteiger partial charge in [-0.05, 0) is 58.3 Å². The van der Waals surface area contributed by atoms with Crippen molar-refractivity contribution in [3.05, 3.63) is 121 Å². The highest BCUT2D eigenvalue weighted by atomic mass is 16.3. The van der Waals surface area contributed by atoms with E-state index in [4.69, 9.17) is 4.42 Å². The molecule has 0 saturated heterocycles. The highest BCUT2D eigenvalue weighted by Gasteiger charge is 2.13. The molecule has 0 radical (unpaired) electrons. The average Bonchev–Trinajstić information content (AvgIpc) is 3.32. The number of carbonyl (C=O) groups excluding carboxylic acids is 1. The molecule has 0 bridgehead atoms. The predicted octanol–water partition coefficient (Wildman–Crippen LogP) is 7.57. The number of nitrogens with zero attached hydrogens (tertiary/aromatic N) is 1. The summed E-state index contributed by atoms with van der Waals surface area (Å²) in [5.74, 6) is 0.392. The Morgan fingerprint density at radius 1 is 0.676 bits per heavy atom. The molecule has 162 valence electrons. The van der Waals surface area contributed by atoms with Crippen molar-refractivity contribution in [1.29, 1.82) is 0 Å². The summed E-state index contributed by atoms with van der Waals surface area (Å²) in [6.07, 6.45) is 0. The first-order valence-electron chi connectivity index (χ1n) is 11.1. The molecule has 0 unspecified atom stereocenters. The molecule has 1 N–H and O–H groups in total. The predicted molar refractivity (Wildman–Crippen MR) is 137 cm³/mol. The molecule has 6 rings (SSSR count). The molecular formula is C30H20N2O2. The Morgan fingerprint density at radius 2 is 1.38 bits per heavy atom. The van der Waals surface area contributed by atoms with Gasteiger partial charge in [0.05, 0.1) is 0 Å². The van der Waals surface area contributed by atoms with Crippen molar-refractivity contribution in [3.8, 4) is 22.6 Å². The molecule has 1 aromatic heterocycles. The van der Waals surface area contributed by atoms with Gasteiger partial charge in [-0.3, -0.25) is 4.79 Å². The van der Waals surface area contributed by atoms with Crippen LogP contribution in [0.2, 0.25) is 0 Å². The van der Waals surface area contributed by atoms with Crippen molar-refractivity contribution in [1.82, 2.24) is 4.98 Å². The van der Waals surface area contributed by atoms with Crippen LogP contribution in [0.3, 0.4) is 0 Å². The first-order valence-corrected chi connectivity index (χ1v) is 11.1. The van der Waals surface area contributed by atoms with Crippen molar-refractivity contribution in [2.75, 3.05) is 5.32 Å². The molecular weight excluding hydrogens is 420 g/mol. The molecule has 0 fully saturated rings.